The number of rotatable bonds is 2. The molecule has 2 aromatic heterocycles. The van der Waals surface area contributed by atoms with Gasteiger partial charge in [-0.3, -0.25) is 4.79 Å². The molecule has 0 atom stereocenters. The number of aromatic nitrogens is 3. The maximum Gasteiger partial charge on any atom is 0.268 e. The van der Waals surface area contributed by atoms with Gasteiger partial charge < -0.3 is 9.09 Å². The minimum atomic E-state index is -0.357. The molecule has 0 aliphatic carbocycles. The van der Waals surface area contributed by atoms with Gasteiger partial charge in [0.15, 0.2) is 5.82 Å². The predicted octanol–water partition coefficient (Wildman–Crippen LogP) is 0.151. The fourth-order valence-electron chi connectivity index (χ4n) is 1.16. The lowest BCUT2D eigenvalue weighted by molar-refractivity contribution is 0.408. The third kappa shape index (κ3) is 1.76. The van der Waals surface area contributed by atoms with E-state index in [0.717, 1.165) is 0 Å². The molecular weight excluding hydrogens is 196 g/mol. The molecule has 0 saturated carbocycles. The molecule has 0 bridgehead atoms. The van der Waals surface area contributed by atoms with Crippen LogP contribution in [0, 0.1) is 11.3 Å². The van der Waals surface area contributed by atoms with E-state index >= 15 is 0 Å². The van der Waals surface area contributed by atoms with Crippen molar-refractivity contribution >= 4 is 0 Å². The van der Waals surface area contributed by atoms with Gasteiger partial charge >= 0.3 is 0 Å². The van der Waals surface area contributed by atoms with Gasteiger partial charge in [0.05, 0.1) is 6.54 Å². The number of hydrogen-bond donors (Lipinski definition) is 0. The van der Waals surface area contributed by atoms with Gasteiger partial charge in [0.25, 0.3) is 5.56 Å². The summed E-state index contributed by atoms with van der Waals surface area (Å²) in [5, 5.41) is 12.2. The molecule has 0 radical (unpaired) electrons. The van der Waals surface area contributed by atoms with Crippen LogP contribution in [-0.4, -0.2) is 14.7 Å². The number of hydrogen-bond acceptors (Lipinski definition) is 5. The fraction of sp³-hybridized carbons (Fsp3) is 0.111. The molecule has 0 aliphatic heterocycles. The highest BCUT2D eigenvalue weighted by atomic mass is 16.5. The summed E-state index contributed by atoms with van der Waals surface area (Å²) >= 11 is 0. The highest BCUT2D eigenvalue weighted by Gasteiger charge is 2.04. The van der Waals surface area contributed by atoms with Crippen molar-refractivity contribution in [1.29, 1.82) is 5.26 Å². The van der Waals surface area contributed by atoms with Crippen LogP contribution in [0.1, 0.15) is 11.4 Å². The maximum atomic E-state index is 11.6. The van der Waals surface area contributed by atoms with Crippen molar-refractivity contribution < 1.29 is 4.52 Å². The normalized spacial score (nSPS) is 9.80. The summed E-state index contributed by atoms with van der Waals surface area (Å²) in [7, 11) is 0. The van der Waals surface area contributed by atoms with Gasteiger partial charge in [0.1, 0.15) is 11.6 Å². The Morgan fingerprint density at radius 2 is 2.47 bits per heavy atom. The zero-order valence-electron chi connectivity index (χ0n) is 7.62. The van der Waals surface area contributed by atoms with E-state index in [1.807, 2.05) is 6.07 Å². The van der Waals surface area contributed by atoms with Crippen LogP contribution in [0.15, 0.2) is 34.0 Å². The van der Waals surface area contributed by atoms with Gasteiger partial charge in [0, 0.05) is 6.20 Å². The second-order valence-corrected chi connectivity index (χ2v) is 2.81. The Morgan fingerprint density at radius 1 is 1.60 bits per heavy atom. The molecule has 0 aromatic carbocycles. The van der Waals surface area contributed by atoms with E-state index in [9.17, 15) is 4.79 Å². The largest absolute Gasteiger partial charge is 0.343 e. The topological polar surface area (TPSA) is 84.7 Å². The standard InChI is InChI=1S/C9H6N4O2/c10-4-7-2-1-3-13(9(7)14)5-8-11-6-15-12-8/h1-3,6H,5H2. The quantitative estimate of drug-likeness (QED) is 0.692. The summed E-state index contributed by atoms with van der Waals surface area (Å²) in [5.41, 5.74) is -0.259. The molecule has 2 aromatic rings. The van der Waals surface area contributed by atoms with E-state index in [2.05, 4.69) is 14.7 Å². The lowest BCUT2D eigenvalue weighted by Crippen LogP contribution is -2.22. The highest BCUT2D eigenvalue weighted by Crippen LogP contribution is 1.94. The van der Waals surface area contributed by atoms with Crippen molar-refractivity contribution in [2.75, 3.05) is 0 Å². The zero-order chi connectivity index (χ0) is 10.7. The van der Waals surface area contributed by atoms with E-state index in [0.29, 0.717) is 5.82 Å². The number of nitriles is 1. The summed E-state index contributed by atoms with van der Waals surface area (Å²) in [6, 6.07) is 4.91. The molecule has 0 aliphatic rings. The molecule has 0 N–H and O–H groups in total. The van der Waals surface area contributed by atoms with Crippen LogP contribution < -0.4 is 5.56 Å². The molecule has 15 heavy (non-hydrogen) atoms. The van der Waals surface area contributed by atoms with Crippen LogP contribution in [0.3, 0.4) is 0 Å². The van der Waals surface area contributed by atoms with E-state index in [-0.39, 0.29) is 17.7 Å². The molecular formula is C9H6N4O2. The third-order valence-electron chi connectivity index (χ3n) is 1.86. The first-order valence-corrected chi connectivity index (χ1v) is 4.16. The van der Waals surface area contributed by atoms with Crippen LogP contribution in [0.5, 0.6) is 0 Å². The monoisotopic (exact) mass is 202 g/mol. The first kappa shape index (κ1) is 9.15. The average molecular weight is 202 g/mol. The zero-order valence-corrected chi connectivity index (χ0v) is 7.62. The van der Waals surface area contributed by atoms with Crippen molar-refractivity contribution in [3.05, 3.63) is 46.5 Å². The van der Waals surface area contributed by atoms with Crippen LogP contribution in [0.2, 0.25) is 0 Å². The highest BCUT2D eigenvalue weighted by molar-refractivity contribution is 5.25. The summed E-state index contributed by atoms with van der Waals surface area (Å²) in [5.74, 6) is 0.396. The minimum Gasteiger partial charge on any atom is -0.343 e. The third-order valence-corrected chi connectivity index (χ3v) is 1.86. The summed E-state index contributed by atoms with van der Waals surface area (Å²) in [4.78, 5) is 15.4. The predicted molar refractivity (Wildman–Crippen MR) is 48.8 cm³/mol. The van der Waals surface area contributed by atoms with E-state index in [1.165, 1.54) is 17.0 Å². The molecule has 0 unspecified atom stereocenters. The lowest BCUT2D eigenvalue weighted by atomic mass is 10.3. The van der Waals surface area contributed by atoms with E-state index in [4.69, 9.17) is 5.26 Å². The second kappa shape index (κ2) is 3.75. The summed E-state index contributed by atoms with van der Waals surface area (Å²) < 4.78 is 5.89. The number of pyridine rings is 1. The molecule has 6 heteroatoms. The van der Waals surface area contributed by atoms with Gasteiger partial charge in [-0.25, -0.2) is 0 Å². The molecule has 0 spiro atoms. The van der Waals surface area contributed by atoms with Crippen molar-refractivity contribution in [2.45, 2.75) is 6.54 Å². The Balaban J connectivity index is 2.39. The SMILES string of the molecule is N#Cc1cccn(Cc2ncon2)c1=O. The smallest absolute Gasteiger partial charge is 0.268 e. The van der Waals surface area contributed by atoms with Crippen molar-refractivity contribution in [3.8, 4) is 6.07 Å². The minimum absolute atomic E-state index is 0.0981. The van der Waals surface area contributed by atoms with Crippen LogP contribution in [-0.2, 0) is 6.54 Å². The van der Waals surface area contributed by atoms with Gasteiger partial charge in [-0.1, -0.05) is 5.16 Å². The Morgan fingerprint density at radius 3 is 3.13 bits per heavy atom. The average Bonchev–Trinajstić information content (AvgIpc) is 2.74. The van der Waals surface area contributed by atoms with Crippen LogP contribution in [0.25, 0.3) is 0 Å². The Labute approximate surface area is 84.4 Å². The molecule has 74 valence electrons. The molecule has 0 fully saturated rings. The van der Waals surface area contributed by atoms with Gasteiger partial charge in [-0.05, 0) is 12.1 Å². The first-order valence-electron chi connectivity index (χ1n) is 4.16. The molecule has 0 amide bonds. The van der Waals surface area contributed by atoms with Crippen LogP contribution in [0.4, 0.5) is 0 Å². The first-order chi connectivity index (χ1) is 7.31. The Hall–Kier alpha value is -2.42. The van der Waals surface area contributed by atoms with Gasteiger partial charge in [-0.2, -0.15) is 10.2 Å². The Bertz CT molecular complexity index is 550. The molecule has 2 heterocycles. The van der Waals surface area contributed by atoms with Gasteiger partial charge in [0.2, 0.25) is 6.39 Å². The van der Waals surface area contributed by atoms with Gasteiger partial charge in [-0.15, -0.1) is 0 Å². The van der Waals surface area contributed by atoms with E-state index < -0.39 is 0 Å². The lowest BCUT2D eigenvalue weighted by Gasteiger charge is -2.00. The maximum absolute atomic E-state index is 11.6. The van der Waals surface area contributed by atoms with Crippen molar-refractivity contribution in [3.63, 3.8) is 0 Å². The molecule has 2 rings (SSSR count). The van der Waals surface area contributed by atoms with Crippen molar-refractivity contribution in [1.82, 2.24) is 14.7 Å². The summed E-state index contributed by atoms with van der Waals surface area (Å²) in [6.45, 7) is 0.199. The Kier molecular flexibility index (Phi) is 2.29. The van der Waals surface area contributed by atoms with E-state index in [1.54, 1.807) is 12.3 Å². The summed E-state index contributed by atoms with van der Waals surface area (Å²) in [6.07, 6.45) is 2.76. The number of nitrogens with zero attached hydrogens (tertiary/aromatic N) is 4. The van der Waals surface area contributed by atoms with Crippen LogP contribution >= 0.6 is 0 Å². The molecule has 6 nitrogen and oxygen atoms in total. The van der Waals surface area contributed by atoms with Crippen molar-refractivity contribution in [2.24, 2.45) is 0 Å². The molecule has 0 saturated heterocycles. The second-order valence-electron chi connectivity index (χ2n) is 2.81. The fourth-order valence-corrected chi connectivity index (χ4v) is 1.16.